The molecular weight excluding hydrogens is 380 g/mol. The van der Waals surface area contributed by atoms with Crippen molar-refractivity contribution in [2.45, 2.75) is 31.8 Å². The van der Waals surface area contributed by atoms with Crippen LogP contribution in [0.15, 0.2) is 29.4 Å². The summed E-state index contributed by atoms with van der Waals surface area (Å²) in [5.41, 5.74) is 2.43. The first-order valence-electron chi connectivity index (χ1n) is 11.4. The maximum Gasteiger partial charge on any atom is 0.144 e. The molecule has 0 amide bonds. The van der Waals surface area contributed by atoms with Crippen molar-refractivity contribution in [3.05, 3.63) is 24.3 Å². The van der Waals surface area contributed by atoms with Crippen molar-refractivity contribution in [1.82, 2.24) is 10.2 Å². The number of rotatable bonds is 12. The SMILES string of the molecule is COc1ccccc1N1CCN(CCNCC(O)CON=C(C2CC2)C2CC2)CC1. The van der Waals surface area contributed by atoms with E-state index in [9.17, 15) is 5.11 Å². The van der Waals surface area contributed by atoms with E-state index in [1.54, 1.807) is 7.11 Å². The minimum atomic E-state index is -0.518. The Morgan fingerprint density at radius 1 is 1.13 bits per heavy atom. The van der Waals surface area contributed by atoms with E-state index in [1.165, 1.54) is 37.1 Å². The van der Waals surface area contributed by atoms with Crippen molar-refractivity contribution < 1.29 is 14.7 Å². The van der Waals surface area contributed by atoms with Crippen molar-refractivity contribution in [3.8, 4) is 5.75 Å². The summed E-state index contributed by atoms with van der Waals surface area (Å²) in [4.78, 5) is 10.3. The predicted octanol–water partition coefficient (Wildman–Crippen LogP) is 1.96. The average molecular weight is 417 g/mol. The number of nitrogens with one attached hydrogen (secondary N) is 1. The van der Waals surface area contributed by atoms with E-state index >= 15 is 0 Å². The van der Waals surface area contributed by atoms with Gasteiger partial charge in [0, 0.05) is 57.6 Å². The zero-order valence-corrected chi connectivity index (χ0v) is 18.1. The predicted molar refractivity (Wildman–Crippen MR) is 119 cm³/mol. The highest BCUT2D eigenvalue weighted by molar-refractivity contribution is 5.92. The second-order valence-electron chi connectivity index (χ2n) is 8.72. The van der Waals surface area contributed by atoms with E-state index in [1.807, 2.05) is 12.1 Å². The van der Waals surface area contributed by atoms with Crippen molar-refractivity contribution in [3.63, 3.8) is 0 Å². The number of oxime groups is 1. The number of hydrogen-bond acceptors (Lipinski definition) is 7. The van der Waals surface area contributed by atoms with Gasteiger partial charge in [0.15, 0.2) is 0 Å². The summed E-state index contributed by atoms with van der Waals surface area (Å²) >= 11 is 0. The van der Waals surface area contributed by atoms with Gasteiger partial charge in [-0.15, -0.1) is 0 Å². The minimum absolute atomic E-state index is 0.271. The molecule has 0 aromatic heterocycles. The molecule has 7 nitrogen and oxygen atoms in total. The van der Waals surface area contributed by atoms with Crippen molar-refractivity contribution in [2.24, 2.45) is 17.0 Å². The zero-order valence-electron chi connectivity index (χ0n) is 18.1. The number of nitrogens with zero attached hydrogens (tertiary/aromatic N) is 3. The molecule has 3 aliphatic rings. The van der Waals surface area contributed by atoms with Gasteiger partial charge in [-0.25, -0.2) is 0 Å². The van der Waals surface area contributed by atoms with Crippen LogP contribution in [0.1, 0.15) is 25.7 Å². The largest absolute Gasteiger partial charge is 0.495 e. The lowest BCUT2D eigenvalue weighted by Crippen LogP contribution is -2.48. The summed E-state index contributed by atoms with van der Waals surface area (Å²) in [6, 6.07) is 8.22. The summed E-state index contributed by atoms with van der Waals surface area (Å²) in [6.45, 7) is 6.73. The molecule has 30 heavy (non-hydrogen) atoms. The minimum Gasteiger partial charge on any atom is -0.495 e. The fraction of sp³-hybridized carbons (Fsp3) is 0.696. The van der Waals surface area contributed by atoms with E-state index in [4.69, 9.17) is 9.57 Å². The Bertz CT molecular complexity index is 683. The zero-order chi connectivity index (χ0) is 20.8. The molecule has 1 atom stereocenters. The third kappa shape index (κ3) is 6.09. The Kier molecular flexibility index (Phi) is 7.47. The Labute approximate surface area is 180 Å². The van der Waals surface area contributed by atoms with Crippen LogP contribution in [0.5, 0.6) is 5.75 Å². The van der Waals surface area contributed by atoms with Gasteiger partial charge in [-0.1, -0.05) is 17.3 Å². The molecule has 1 heterocycles. The highest BCUT2D eigenvalue weighted by atomic mass is 16.6. The van der Waals surface area contributed by atoms with Crippen molar-refractivity contribution >= 4 is 11.4 Å². The van der Waals surface area contributed by atoms with Crippen LogP contribution >= 0.6 is 0 Å². The maximum atomic E-state index is 10.1. The van der Waals surface area contributed by atoms with Gasteiger partial charge in [-0.3, -0.25) is 4.90 Å². The van der Waals surface area contributed by atoms with Gasteiger partial charge in [0.1, 0.15) is 18.5 Å². The highest BCUT2D eigenvalue weighted by Gasteiger charge is 2.38. The molecule has 1 saturated heterocycles. The molecule has 0 bridgehead atoms. The van der Waals surface area contributed by atoms with E-state index < -0.39 is 6.10 Å². The number of benzene rings is 1. The molecule has 1 aliphatic heterocycles. The molecule has 2 saturated carbocycles. The Morgan fingerprint density at radius 3 is 2.50 bits per heavy atom. The number of anilines is 1. The Morgan fingerprint density at radius 2 is 1.83 bits per heavy atom. The number of para-hydroxylation sites is 2. The lowest BCUT2D eigenvalue weighted by Gasteiger charge is -2.36. The summed E-state index contributed by atoms with van der Waals surface area (Å²) in [5.74, 6) is 2.27. The van der Waals surface area contributed by atoms with E-state index in [-0.39, 0.29) is 6.61 Å². The molecule has 0 spiro atoms. The molecule has 1 unspecified atom stereocenters. The number of hydrogen-bond donors (Lipinski definition) is 2. The Hall–Kier alpha value is -1.83. The van der Waals surface area contributed by atoms with E-state index in [2.05, 4.69) is 32.4 Å². The van der Waals surface area contributed by atoms with Gasteiger partial charge >= 0.3 is 0 Å². The highest BCUT2D eigenvalue weighted by Crippen LogP contribution is 2.42. The second-order valence-corrected chi connectivity index (χ2v) is 8.72. The molecule has 1 aromatic rings. The van der Waals surface area contributed by atoms with Crippen LogP contribution in [-0.2, 0) is 4.84 Å². The monoisotopic (exact) mass is 416 g/mol. The van der Waals surface area contributed by atoms with Crippen LogP contribution in [0.2, 0.25) is 0 Å². The number of methoxy groups -OCH3 is 1. The lowest BCUT2D eigenvalue weighted by molar-refractivity contribution is 0.0393. The van der Waals surface area contributed by atoms with Crippen LogP contribution in [0.3, 0.4) is 0 Å². The quantitative estimate of drug-likeness (QED) is 0.308. The topological polar surface area (TPSA) is 69.6 Å². The van der Waals surface area contributed by atoms with Gasteiger partial charge in [0.05, 0.1) is 18.5 Å². The lowest BCUT2D eigenvalue weighted by atomic mass is 10.2. The fourth-order valence-electron chi connectivity index (χ4n) is 4.11. The van der Waals surface area contributed by atoms with Crippen LogP contribution in [0.25, 0.3) is 0 Å². The number of aliphatic hydroxyl groups is 1. The summed E-state index contributed by atoms with van der Waals surface area (Å²) in [7, 11) is 1.73. The smallest absolute Gasteiger partial charge is 0.144 e. The molecule has 7 heteroatoms. The summed E-state index contributed by atoms with van der Waals surface area (Å²) in [6.07, 6.45) is 4.52. The third-order valence-corrected chi connectivity index (χ3v) is 6.21. The molecule has 166 valence electrons. The van der Waals surface area contributed by atoms with Crippen LogP contribution < -0.4 is 15.0 Å². The normalized spacial score (nSPS) is 20.7. The van der Waals surface area contributed by atoms with Gasteiger partial charge in [0.25, 0.3) is 0 Å². The number of piperazine rings is 1. The third-order valence-electron chi connectivity index (χ3n) is 6.21. The number of aliphatic hydroxyl groups excluding tert-OH is 1. The fourth-order valence-corrected chi connectivity index (χ4v) is 4.11. The van der Waals surface area contributed by atoms with Gasteiger partial charge in [0.2, 0.25) is 0 Å². The first-order valence-corrected chi connectivity index (χ1v) is 11.4. The van der Waals surface area contributed by atoms with E-state index in [0.29, 0.717) is 18.4 Å². The molecule has 2 aliphatic carbocycles. The standard InChI is InChI=1S/C23H36N4O3/c1-29-22-5-3-2-4-21(22)27-14-12-26(13-15-27)11-10-24-16-20(28)17-30-25-23(18-6-7-18)19-8-9-19/h2-5,18-20,24,28H,6-17H2,1H3. The van der Waals surface area contributed by atoms with E-state index in [0.717, 1.165) is 45.0 Å². The molecule has 1 aromatic carbocycles. The van der Waals surface area contributed by atoms with Crippen LogP contribution in [0, 0.1) is 11.8 Å². The maximum absolute atomic E-state index is 10.1. The Balaban J connectivity index is 1.08. The first kappa shape index (κ1) is 21.4. The van der Waals surface area contributed by atoms with Gasteiger partial charge < -0.3 is 24.9 Å². The molecular formula is C23H36N4O3. The molecule has 0 radical (unpaired) electrons. The van der Waals surface area contributed by atoms with Crippen molar-refractivity contribution in [2.75, 3.05) is 64.4 Å². The molecule has 2 N–H and O–H groups in total. The molecule has 4 rings (SSSR count). The van der Waals surface area contributed by atoms with Crippen LogP contribution in [0.4, 0.5) is 5.69 Å². The molecule has 3 fully saturated rings. The van der Waals surface area contributed by atoms with Gasteiger partial charge in [-0.05, 0) is 37.8 Å². The van der Waals surface area contributed by atoms with Crippen LogP contribution in [-0.4, -0.2) is 81.4 Å². The summed E-state index contributed by atoms with van der Waals surface area (Å²) < 4.78 is 5.49. The van der Waals surface area contributed by atoms with Gasteiger partial charge in [-0.2, -0.15) is 0 Å². The number of ether oxygens (including phenoxy) is 1. The van der Waals surface area contributed by atoms with Crippen molar-refractivity contribution in [1.29, 1.82) is 0 Å². The average Bonchev–Trinajstić information content (AvgIpc) is 3.69. The second kappa shape index (κ2) is 10.5. The summed E-state index contributed by atoms with van der Waals surface area (Å²) in [5, 5.41) is 17.8. The first-order chi connectivity index (χ1) is 14.7.